The van der Waals surface area contributed by atoms with E-state index in [1.54, 1.807) is 11.3 Å². The molecule has 74 valence electrons. The number of thiophene rings is 1. The number of fused-ring (bicyclic) bond motifs is 1. The quantitative estimate of drug-likeness (QED) is 0.748. The molecular formula is C9H11N3OS. The zero-order valence-corrected chi connectivity index (χ0v) is 8.43. The summed E-state index contributed by atoms with van der Waals surface area (Å²) in [5.41, 5.74) is 7.62. The molecule has 0 aromatic carbocycles. The van der Waals surface area contributed by atoms with Gasteiger partial charge in [0.2, 0.25) is 0 Å². The molecule has 1 unspecified atom stereocenters. The lowest BCUT2D eigenvalue weighted by atomic mass is 10.1. The first-order valence-corrected chi connectivity index (χ1v) is 5.51. The number of hydrogen-bond acceptors (Lipinski definition) is 5. The van der Waals surface area contributed by atoms with Gasteiger partial charge in [0.25, 0.3) is 0 Å². The molecule has 0 amide bonds. The highest BCUT2D eigenvalue weighted by Gasteiger charge is 2.23. The van der Waals surface area contributed by atoms with Crippen LogP contribution in [0.5, 0.6) is 0 Å². The third kappa shape index (κ3) is 1.13. The Morgan fingerprint density at radius 2 is 2.57 bits per heavy atom. The summed E-state index contributed by atoms with van der Waals surface area (Å²) in [5, 5.41) is 8.24. The summed E-state index contributed by atoms with van der Waals surface area (Å²) in [6.07, 6.45) is 1.14. The molecule has 0 saturated carbocycles. The average Bonchev–Trinajstić information content (AvgIpc) is 2.77. The fourth-order valence-corrected chi connectivity index (χ4v) is 2.83. The first-order valence-electron chi connectivity index (χ1n) is 4.70. The minimum Gasteiger partial charge on any atom is -0.390 e. The van der Waals surface area contributed by atoms with Crippen molar-refractivity contribution in [1.82, 2.24) is 10.5 Å². The van der Waals surface area contributed by atoms with Gasteiger partial charge in [0.05, 0.1) is 9.70 Å². The molecule has 2 aromatic rings. The van der Waals surface area contributed by atoms with Crippen LogP contribution in [0, 0.1) is 0 Å². The Kier molecular flexibility index (Phi) is 1.75. The van der Waals surface area contributed by atoms with Crippen LogP contribution in [0.1, 0.15) is 18.0 Å². The van der Waals surface area contributed by atoms with Gasteiger partial charge in [-0.3, -0.25) is 0 Å². The van der Waals surface area contributed by atoms with Crippen LogP contribution in [0.3, 0.4) is 0 Å². The smallest absolute Gasteiger partial charge is 0.180 e. The Balaban J connectivity index is 2.10. The van der Waals surface area contributed by atoms with E-state index < -0.39 is 0 Å². The number of nitrogens with zero attached hydrogens (tertiary/aromatic N) is 1. The molecule has 4 nitrogen and oxygen atoms in total. The summed E-state index contributed by atoms with van der Waals surface area (Å²) in [7, 11) is 0. The second-order valence-electron chi connectivity index (χ2n) is 3.60. The largest absolute Gasteiger partial charge is 0.390 e. The zero-order valence-electron chi connectivity index (χ0n) is 7.62. The third-order valence-corrected chi connectivity index (χ3v) is 3.61. The average molecular weight is 209 g/mol. The lowest BCUT2D eigenvalue weighted by molar-refractivity contribution is 0.439. The molecule has 0 radical (unpaired) electrons. The molecule has 0 spiro atoms. The van der Waals surface area contributed by atoms with Crippen LogP contribution in [-0.2, 0) is 0 Å². The summed E-state index contributed by atoms with van der Waals surface area (Å²) >= 11 is 1.57. The fourth-order valence-electron chi connectivity index (χ4n) is 1.93. The zero-order chi connectivity index (χ0) is 9.54. The van der Waals surface area contributed by atoms with Crippen molar-refractivity contribution in [2.24, 2.45) is 0 Å². The molecule has 0 bridgehead atoms. The Morgan fingerprint density at radius 1 is 1.64 bits per heavy atom. The molecule has 3 rings (SSSR count). The number of anilines is 1. The van der Waals surface area contributed by atoms with Crippen molar-refractivity contribution in [3.8, 4) is 0 Å². The van der Waals surface area contributed by atoms with Gasteiger partial charge >= 0.3 is 0 Å². The summed E-state index contributed by atoms with van der Waals surface area (Å²) in [5.74, 6) is 0.495. The van der Waals surface area contributed by atoms with Gasteiger partial charge in [0.15, 0.2) is 5.58 Å². The molecule has 1 fully saturated rings. The van der Waals surface area contributed by atoms with E-state index in [2.05, 4.69) is 10.5 Å². The maximum atomic E-state index is 5.72. The van der Waals surface area contributed by atoms with Crippen LogP contribution in [0.15, 0.2) is 10.6 Å². The minimum atomic E-state index is 0.495. The molecule has 1 atom stereocenters. The van der Waals surface area contributed by atoms with Gasteiger partial charge in [0, 0.05) is 18.5 Å². The van der Waals surface area contributed by atoms with Gasteiger partial charge in [0.1, 0.15) is 5.69 Å². The molecule has 1 aliphatic rings. The predicted octanol–water partition coefficient (Wildman–Crippen LogP) is 1.55. The van der Waals surface area contributed by atoms with Gasteiger partial charge in [-0.15, -0.1) is 11.3 Å². The highest BCUT2D eigenvalue weighted by atomic mass is 32.1. The second-order valence-corrected chi connectivity index (χ2v) is 4.68. The van der Waals surface area contributed by atoms with Crippen molar-refractivity contribution in [2.45, 2.75) is 12.3 Å². The lowest BCUT2D eigenvalue weighted by Gasteiger charge is -2.01. The third-order valence-electron chi connectivity index (χ3n) is 2.64. The highest BCUT2D eigenvalue weighted by molar-refractivity contribution is 7.22. The van der Waals surface area contributed by atoms with E-state index in [0.29, 0.717) is 5.92 Å². The standard InChI is InChI=1S/C9H11N3OS/c10-7-3-6-9(14-7)8(12-13-6)5-1-2-11-4-5/h3,5,11H,1-2,4,10H2. The van der Waals surface area contributed by atoms with Crippen LogP contribution in [0.4, 0.5) is 5.00 Å². The van der Waals surface area contributed by atoms with Crippen LogP contribution in [0.2, 0.25) is 0 Å². The van der Waals surface area contributed by atoms with E-state index in [4.69, 9.17) is 10.3 Å². The van der Waals surface area contributed by atoms with E-state index in [-0.39, 0.29) is 0 Å². The first kappa shape index (κ1) is 8.26. The Morgan fingerprint density at radius 3 is 3.36 bits per heavy atom. The van der Waals surface area contributed by atoms with Crippen molar-refractivity contribution >= 4 is 26.6 Å². The van der Waals surface area contributed by atoms with E-state index in [9.17, 15) is 0 Å². The van der Waals surface area contributed by atoms with Crippen LogP contribution < -0.4 is 11.1 Å². The summed E-state index contributed by atoms with van der Waals surface area (Å²) in [6.45, 7) is 2.07. The first-order chi connectivity index (χ1) is 6.84. The van der Waals surface area contributed by atoms with Gasteiger partial charge in [-0.25, -0.2) is 0 Å². The Labute approximate surface area is 85.1 Å². The van der Waals surface area contributed by atoms with Crippen LogP contribution >= 0.6 is 11.3 Å². The second kappa shape index (κ2) is 2.96. The van der Waals surface area contributed by atoms with Crippen molar-refractivity contribution in [3.05, 3.63) is 11.8 Å². The van der Waals surface area contributed by atoms with E-state index in [0.717, 1.165) is 40.5 Å². The van der Waals surface area contributed by atoms with Gasteiger partial charge in [-0.2, -0.15) is 0 Å². The van der Waals surface area contributed by atoms with Crippen molar-refractivity contribution in [3.63, 3.8) is 0 Å². The van der Waals surface area contributed by atoms with Crippen molar-refractivity contribution in [1.29, 1.82) is 0 Å². The van der Waals surface area contributed by atoms with Crippen molar-refractivity contribution < 1.29 is 4.52 Å². The SMILES string of the molecule is Nc1cc2onc(C3CCNC3)c2s1. The van der Waals surface area contributed by atoms with Crippen LogP contribution in [-0.4, -0.2) is 18.2 Å². The Bertz CT molecular complexity index is 456. The number of nitrogens with two attached hydrogens (primary N) is 1. The molecular weight excluding hydrogens is 198 g/mol. The topological polar surface area (TPSA) is 64.1 Å². The molecule has 0 aliphatic carbocycles. The normalized spacial score (nSPS) is 22.1. The van der Waals surface area contributed by atoms with Gasteiger partial charge in [-0.05, 0) is 13.0 Å². The maximum absolute atomic E-state index is 5.72. The number of nitrogens with one attached hydrogen (secondary N) is 1. The molecule has 1 aliphatic heterocycles. The van der Waals surface area contributed by atoms with E-state index in [1.807, 2.05) is 6.07 Å². The Hall–Kier alpha value is -1.07. The monoisotopic (exact) mass is 209 g/mol. The molecule has 3 N–H and O–H groups in total. The fraction of sp³-hybridized carbons (Fsp3) is 0.444. The lowest BCUT2D eigenvalue weighted by Crippen LogP contribution is -2.08. The molecule has 3 heterocycles. The van der Waals surface area contributed by atoms with Crippen molar-refractivity contribution in [2.75, 3.05) is 18.8 Å². The maximum Gasteiger partial charge on any atom is 0.180 e. The number of aromatic nitrogens is 1. The molecule has 1 saturated heterocycles. The van der Waals surface area contributed by atoms with Gasteiger partial charge < -0.3 is 15.6 Å². The summed E-state index contributed by atoms with van der Waals surface area (Å²) < 4.78 is 6.36. The molecule has 5 heteroatoms. The van der Waals surface area contributed by atoms with E-state index >= 15 is 0 Å². The number of rotatable bonds is 1. The summed E-state index contributed by atoms with van der Waals surface area (Å²) in [4.78, 5) is 0. The minimum absolute atomic E-state index is 0.495. The van der Waals surface area contributed by atoms with Crippen LogP contribution in [0.25, 0.3) is 10.3 Å². The highest BCUT2D eigenvalue weighted by Crippen LogP contribution is 2.35. The predicted molar refractivity (Wildman–Crippen MR) is 56.5 cm³/mol. The number of hydrogen-bond donors (Lipinski definition) is 2. The van der Waals surface area contributed by atoms with Gasteiger partial charge in [-0.1, -0.05) is 5.16 Å². The molecule has 2 aromatic heterocycles. The summed E-state index contributed by atoms with van der Waals surface area (Å²) in [6, 6.07) is 1.85. The molecule has 14 heavy (non-hydrogen) atoms. The van der Waals surface area contributed by atoms with E-state index in [1.165, 1.54) is 0 Å². The number of nitrogen functional groups attached to an aromatic ring is 1.